The molecule has 16 heavy (non-hydrogen) atoms. The molecule has 2 saturated carbocycles. The Kier molecular flexibility index (Phi) is 4.06. The Bertz CT molecular complexity index is 254. The molecular weight excluding hydrogens is 216 g/mol. The smallest absolute Gasteiger partial charge is 0.166 e. The molecule has 0 radical (unpaired) electrons. The molecule has 4 unspecified atom stereocenters. The molecule has 4 atom stereocenters. The first-order valence-corrected chi connectivity index (χ1v) is 7.16. The zero-order valence-corrected chi connectivity index (χ0v) is 11.3. The lowest BCUT2D eigenvalue weighted by Gasteiger charge is -2.29. The van der Waals surface area contributed by atoms with Gasteiger partial charge in [-0.2, -0.15) is 0 Å². The van der Waals surface area contributed by atoms with Crippen molar-refractivity contribution < 1.29 is 0 Å². The van der Waals surface area contributed by atoms with Crippen molar-refractivity contribution in [2.75, 3.05) is 6.54 Å². The van der Waals surface area contributed by atoms with E-state index in [1.165, 1.54) is 25.7 Å². The van der Waals surface area contributed by atoms with Gasteiger partial charge in [0, 0.05) is 12.6 Å². The number of rotatable bonds is 4. The average Bonchev–Trinajstić information content (AvgIpc) is 2.87. The van der Waals surface area contributed by atoms with E-state index >= 15 is 0 Å². The molecule has 2 fully saturated rings. The number of hydrogen-bond acceptors (Lipinski definition) is 1. The highest BCUT2D eigenvalue weighted by molar-refractivity contribution is 7.80. The molecule has 0 spiro atoms. The summed E-state index contributed by atoms with van der Waals surface area (Å²) in [6.07, 6.45) is 6.97. The highest BCUT2D eigenvalue weighted by Crippen LogP contribution is 2.49. The lowest BCUT2D eigenvalue weighted by atomic mass is 9.84. The van der Waals surface area contributed by atoms with Gasteiger partial charge in [0.1, 0.15) is 0 Å². The standard InChI is InChI=1S/C13H24N2S/c1-3-6-14-13(16)15-9(2)12-8-10-4-5-11(12)7-10/h9-12H,3-8H2,1-2H3,(H2,14,15,16). The maximum Gasteiger partial charge on any atom is 0.166 e. The average molecular weight is 240 g/mol. The fourth-order valence-electron chi connectivity index (χ4n) is 3.51. The quantitative estimate of drug-likeness (QED) is 0.739. The van der Waals surface area contributed by atoms with Gasteiger partial charge in [-0.3, -0.25) is 0 Å². The molecule has 2 nitrogen and oxygen atoms in total. The molecule has 2 N–H and O–H groups in total. The van der Waals surface area contributed by atoms with Crippen LogP contribution in [0.15, 0.2) is 0 Å². The summed E-state index contributed by atoms with van der Waals surface area (Å²) < 4.78 is 0. The second-order valence-electron chi connectivity index (χ2n) is 5.53. The molecule has 0 aromatic carbocycles. The molecule has 2 rings (SSSR count). The van der Waals surface area contributed by atoms with Crippen LogP contribution in [0, 0.1) is 17.8 Å². The third-order valence-corrected chi connectivity index (χ3v) is 4.59. The van der Waals surface area contributed by atoms with E-state index in [1.54, 1.807) is 0 Å². The summed E-state index contributed by atoms with van der Waals surface area (Å²) in [6, 6.07) is 0.548. The SMILES string of the molecule is CCCNC(=S)NC(C)C1CC2CCC1C2. The van der Waals surface area contributed by atoms with Crippen molar-refractivity contribution in [1.82, 2.24) is 10.6 Å². The summed E-state index contributed by atoms with van der Waals surface area (Å²) in [6.45, 7) is 5.44. The van der Waals surface area contributed by atoms with Crippen LogP contribution in [0.1, 0.15) is 46.0 Å². The Labute approximate surface area is 105 Å². The Morgan fingerprint density at radius 2 is 2.19 bits per heavy atom. The number of nitrogens with one attached hydrogen (secondary N) is 2. The predicted molar refractivity (Wildman–Crippen MR) is 72.4 cm³/mol. The summed E-state index contributed by atoms with van der Waals surface area (Å²) in [5.41, 5.74) is 0. The molecule has 0 amide bonds. The van der Waals surface area contributed by atoms with Gasteiger partial charge in [0.25, 0.3) is 0 Å². The van der Waals surface area contributed by atoms with Crippen LogP contribution >= 0.6 is 12.2 Å². The van der Waals surface area contributed by atoms with Crippen molar-refractivity contribution in [2.45, 2.75) is 52.0 Å². The van der Waals surface area contributed by atoms with E-state index in [1.807, 2.05) is 0 Å². The summed E-state index contributed by atoms with van der Waals surface area (Å²) >= 11 is 5.30. The maximum atomic E-state index is 5.30. The molecule has 0 aliphatic heterocycles. The first-order chi connectivity index (χ1) is 7.70. The summed E-state index contributed by atoms with van der Waals surface area (Å²) in [5.74, 6) is 2.86. The van der Waals surface area contributed by atoms with Gasteiger partial charge in [0.2, 0.25) is 0 Å². The first kappa shape index (κ1) is 12.2. The maximum absolute atomic E-state index is 5.30. The fourth-order valence-corrected chi connectivity index (χ4v) is 3.80. The first-order valence-electron chi connectivity index (χ1n) is 6.75. The molecule has 2 bridgehead atoms. The van der Waals surface area contributed by atoms with E-state index in [0.717, 1.165) is 35.8 Å². The van der Waals surface area contributed by atoms with Gasteiger partial charge in [0.05, 0.1) is 0 Å². The predicted octanol–water partition coefficient (Wildman–Crippen LogP) is 2.69. The van der Waals surface area contributed by atoms with Crippen molar-refractivity contribution >= 4 is 17.3 Å². The Morgan fingerprint density at radius 1 is 1.38 bits per heavy atom. The highest BCUT2D eigenvalue weighted by atomic mass is 32.1. The summed E-state index contributed by atoms with van der Waals surface area (Å²) in [5, 5.41) is 7.56. The minimum absolute atomic E-state index is 0.548. The van der Waals surface area contributed by atoms with Crippen molar-refractivity contribution in [1.29, 1.82) is 0 Å². The monoisotopic (exact) mass is 240 g/mol. The molecule has 0 aromatic heterocycles. The zero-order valence-electron chi connectivity index (χ0n) is 10.5. The molecule has 0 aromatic rings. The van der Waals surface area contributed by atoms with Crippen LogP contribution in [-0.2, 0) is 0 Å². The van der Waals surface area contributed by atoms with E-state index < -0.39 is 0 Å². The molecule has 3 heteroatoms. The number of fused-ring (bicyclic) bond motifs is 2. The minimum atomic E-state index is 0.548. The van der Waals surface area contributed by atoms with Gasteiger partial charge in [0.15, 0.2) is 5.11 Å². The van der Waals surface area contributed by atoms with Gasteiger partial charge in [-0.25, -0.2) is 0 Å². The van der Waals surface area contributed by atoms with Gasteiger partial charge in [-0.1, -0.05) is 13.3 Å². The van der Waals surface area contributed by atoms with Crippen molar-refractivity contribution in [3.63, 3.8) is 0 Å². The van der Waals surface area contributed by atoms with Crippen molar-refractivity contribution in [3.05, 3.63) is 0 Å². The Morgan fingerprint density at radius 3 is 2.75 bits per heavy atom. The zero-order chi connectivity index (χ0) is 11.5. The van der Waals surface area contributed by atoms with Gasteiger partial charge in [-0.05, 0) is 62.6 Å². The van der Waals surface area contributed by atoms with E-state index in [0.29, 0.717) is 6.04 Å². The minimum Gasteiger partial charge on any atom is -0.363 e. The third-order valence-electron chi connectivity index (χ3n) is 4.33. The lowest BCUT2D eigenvalue weighted by Crippen LogP contribution is -2.45. The molecule has 0 heterocycles. The largest absolute Gasteiger partial charge is 0.363 e. The molecule has 92 valence electrons. The van der Waals surface area contributed by atoms with Gasteiger partial charge >= 0.3 is 0 Å². The highest BCUT2D eigenvalue weighted by Gasteiger charge is 2.41. The molecule has 2 aliphatic carbocycles. The Hall–Kier alpha value is -0.310. The summed E-state index contributed by atoms with van der Waals surface area (Å²) in [7, 11) is 0. The van der Waals surface area contributed by atoms with Crippen LogP contribution in [-0.4, -0.2) is 17.7 Å². The normalized spacial score (nSPS) is 33.8. The van der Waals surface area contributed by atoms with Crippen LogP contribution in [0.3, 0.4) is 0 Å². The van der Waals surface area contributed by atoms with Crippen LogP contribution in [0.5, 0.6) is 0 Å². The third kappa shape index (κ3) is 2.68. The van der Waals surface area contributed by atoms with Crippen molar-refractivity contribution in [2.24, 2.45) is 17.8 Å². The second kappa shape index (κ2) is 5.35. The van der Waals surface area contributed by atoms with Crippen LogP contribution in [0.4, 0.5) is 0 Å². The molecular formula is C13H24N2S. The number of hydrogen-bond donors (Lipinski definition) is 2. The van der Waals surface area contributed by atoms with Gasteiger partial charge in [-0.15, -0.1) is 0 Å². The van der Waals surface area contributed by atoms with Crippen LogP contribution < -0.4 is 10.6 Å². The molecule has 2 aliphatic rings. The van der Waals surface area contributed by atoms with Crippen LogP contribution in [0.25, 0.3) is 0 Å². The van der Waals surface area contributed by atoms with E-state index in [2.05, 4.69) is 24.5 Å². The van der Waals surface area contributed by atoms with E-state index in [9.17, 15) is 0 Å². The van der Waals surface area contributed by atoms with E-state index in [4.69, 9.17) is 12.2 Å². The Balaban J connectivity index is 1.75. The topological polar surface area (TPSA) is 24.1 Å². The van der Waals surface area contributed by atoms with Crippen LogP contribution in [0.2, 0.25) is 0 Å². The number of thiocarbonyl (C=S) groups is 1. The summed E-state index contributed by atoms with van der Waals surface area (Å²) in [4.78, 5) is 0. The second-order valence-corrected chi connectivity index (χ2v) is 5.94. The van der Waals surface area contributed by atoms with Crippen molar-refractivity contribution in [3.8, 4) is 0 Å². The van der Waals surface area contributed by atoms with E-state index in [-0.39, 0.29) is 0 Å². The molecule has 0 saturated heterocycles. The fraction of sp³-hybridized carbons (Fsp3) is 0.923. The lowest BCUT2D eigenvalue weighted by molar-refractivity contribution is 0.278. The van der Waals surface area contributed by atoms with Gasteiger partial charge < -0.3 is 10.6 Å².